The standard InChI is InChI=1S/C11H8ClF3N6O3S/c12-6-2-1-5(21(23)24)3-7(6)17-8(22)4-25-10-19-18-9(20(10)16)11(13,14)15/h1-3H,4,16H2,(H,17,22). The summed E-state index contributed by atoms with van der Waals surface area (Å²) < 4.78 is 37.8. The number of aromatic nitrogens is 3. The molecule has 0 atom stereocenters. The number of nitro benzene ring substituents is 1. The van der Waals surface area contributed by atoms with E-state index in [1.54, 1.807) is 0 Å². The highest BCUT2D eigenvalue weighted by molar-refractivity contribution is 7.99. The number of alkyl halides is 3. The van der Waals surface area contributed by atoms with E-state index in [1.807, 2.05) is 0 Å². The first-order valence-electron chi connectivity index (χ1n) is 6.24. The molecule has 1 aromatic heterocycles. The molecule has 2 aromatic rings. The second-order valence-corrected chi connectivity index (χ2v) is 5.78. The molecule has 9 nitrogen and oxygen atoms in total. The van der Waals surface area contributed by atoms with Crippen molar-refractivity contribution in [2.24, 2.45) is 0 Å². The lowest BCUT2D eigenvalue weighted by Crippen LogP contribution is -2.22. The van der Waals surface area contributed by atoms with Gasteiger partial charge in [-0.15, -0.1) is 10.2 Å². The number of nitrogens with one attached hydrogen (secondary N) is 1. The number of benzene rings is 1. The van der Waals surface area contributed by atoms with E-state index in [2.05, 4.69) is 15.5 Å². The van der Waals surface area contributed by atoms with Crippen LogP contribution in [0.15, 0.2) is 23.4 Å². The Morgan fingerprint density at radius 3 is 2.68 bits per heavy atom. The van der Waals surface area contributed by atoms with E-state index in [4.69, 9.17) is 17.4 Å². The zero-order chi connectivity index (χ0) is 18.8. The normalized spacial score (nSPS) is 11.4. The Balaban J connectivity index is 2.04. The number of carbonyl (C=O) groups excluding carboxylic acids is 1. The quantitative estimate of drug-likeness (QED) is 0.343. The van der Waals surface area contributed by atoms with Crippen molar-refractivity contribution in [3.63, 3.8) is 0 Å². The Morgan fingerprint density at radius 1 is 1.44 bits per heavy atom. The van der Waals surface area contributed by atoms with Crippen LogP contribution in [0.1, 0.15) is 5.82 Å². The number of thioether (sulfide) groups is 1. The molecule has 25 heavy (non-hydrogen) atoms. The first-order valence-corrected chi connectivity index (χ1v) is 7.60. The molecular formula is C11H8ClF3N6O3S. The van der Waals surface area contributed by atoms with E-state index in [0.717, 1.165) is 12.1 Å². The first kappa shape index (κ1) is 18.8. The maximum Gasteiger partial charge on any atom is 0.453 e. The maximum absolute atomic E-state index is 12.5. The molecule has 1 heterocycles. The topological polar surface area (TPSA) is 129 Å². The molecule has 0 saturated heterocycles. The Kier molecular flexibility index (Phi) is 5.37. The van der Waals surface area contributed by atoms with Gasteiger partial charge < -0.3 is 11.2 Å². The smallest absolute Gasteiger partial charge is 0.335 e. The molecule has 0 aliphatic carbocycles. The van der Waals surface area contributed by atoms with Crippen molar-refractivity contribution >= 4 is 40.6 Å². The third-order valence-corrected chi connectivity index (χ3v) is 3.96. The van der Waals surface area contributed by atoms with Crippen LogP contribution in [0, 0.1) is 10.1 Å². The number of non-ortho nitro benzene ring substituents is 1. The predicted molar refractivity (Wildman–Crippen MR) is 82.6 cm³/mol. The molecule has 3 N–H and O–H groups in total. The number of nitrogens with two attached hydrogens (primary N) is 1. The van der Waals surface area contributed by atoms with Crippen LogP contribution in [0.5, 0.6) is 0 Å². The molecule has 0 saturated carbocycles. The summed E-state index contributed by atoms with van der Waals surface area (Å²) in [5.41, 5.74) is -0.296. The van der Waals surface area contributed by atoms with Crippen molar-refractivity contribution in [2.45, 2.75) is 11.3 Å². The lowest BCUT2D eigenvalue weighted by atomic mass is 10.3. The van der Waals surface area contributed by atoms with Gasteiger partial charge in [0.15, 0.2) is 0 Å². The minimum atomic E-state index is -4.78. The van der Waals surface area contributed by atoms with Crippen molar-refractivity contribution in [1.82, 2.24) is 14.9 Å². The number of hydrogen-bond acceptors (Lipinski definition) is 7. The monoisotopic (exact) mass is 396 g/mol. The highest BCUT2D eigenvalue weighted by Gasteiger charge is 2.38. The van der Waals surface area contributed by atoms with Crippen LogP contribution in [0.25, 0.3) is 0 Å². The van der Waals surface area contributed by atoms with Crippen LogP contribution < -0.4 is 11.2 Å². The van der Waals surface area contributed by atoms with E-state index >= 15 is 0 Å². The van der Waals surface area contributed by atoms with E-state index in [9.17, 15) is 28.1 Å². The summed E-state index contributed by atoms with van der Waals surface area (Å²) in [5.74, 6) is 2.78. The molecular weight excluding hydrogens is 389 g/mol. The number of amides is 1. The van der Waals surface area contributed by atoms with Gasteiger partial charge in [-0.05, 0) is 6.07 Å². The third kappa shape index (κ3) is 4.51. The number of halogens is 4. The van der Waals surface area contributed by atoms with E-state index < -0.39 is 22.8 Å². The molecule has 0 spiro atoms. The Morgan fingerprint density at radius 2 is 2.12 bits per heavy atom. The Bertz CT molecular complexity index is 828. The van der Waals surface area contributed by atoms with Gasteiger partial charge in [0.25, 0.3) is 11.5 Å². The minimum absolute atomic E-state index is 0.00772. The molecule has 0 unspecified atom stereocenters. The fourth-order valence-electron chi connectivity index (χ4n) is 1.61. The Hall–Kier alpha value is -2.54. The highest BCUT2D eigenvalue weighted by Crippen LogP contribution is 2.29. The van der Waals surface area contributed by atoms with E-state index in [-0.39, 0.29) is 32.0 Å². The second-order valence-electron chi connectivity index (χ2n) is 4.43. The Labute approximate surface area is 146 Å². The molecule has 0 radical (unpaired) electrons. The SMILES string of the molecule is Nn1c(SCC(=O)Nc2cc([N+](=O)[O-])ccc2Cl)nnc1C(F)(F)F. The van der Waals surface area contributed by atoms with Crippen LogP contribution in [-0.4, -0.2) is 31.5 Å². The largest absolute Gasteiger partial charge is 0.453 e. The van der Waals surface area contributed by atoms with Crippen molar-refractivity contribution in [2.75, 3.05) is 16.9 Å². The van der Waals surface area contributed by atoms with Crippen LogP contribution in [0.2, 0.25) is 5.02 Å². The van der Waals surface area contributed by atoms with Crippen molar-refractivity contribution < 1.29 is 22.9 Å². The van der Waals surface area contributed by atoms with Crippen LogP contribution in [-0.2, 0) is 11.0 Å². The van der Waals surface area contributed by atoms with Gasteiger partial charge in [-0.25, -0.2) is 4.68 Å². The number of hydrogen-bond donors (Lipinski definition) is 2. The second kappa shape index (κ2) is 7.14. The molecule has 0 aliphatic heterocycles. The summed E-state index contributed by atoms with van der Waals surface area (Å²) in [6, 6.07) is 3.44. The van der Waals surface area contributed by atoms with Crippen molar-refractivity contribution in [3.05, 3.63) is 39.2 Å². The maximum atomic E-state index is 12.5. The molecule has 0 bridgehead atoms. The molecule has 1 amide bonds. The van der Waals surface area contributed by atoms with Crippen LogP contribution in [0.3, 0.4) is 0 Å². The molecule has 134 valence electrons. The highest BCUT2D eigenvalue weighted by atomic mass is 35.5. The number of nitrogen functional groups attached to an aromatic ring is 1. The zero-order valence-corrected chi connectivity index (χ0v) is 13.5. The molecule has 0 fully saturated rings. The summed E-state index contributed by atoms with van der Waals surface area (Å²) in [6.45, 7) is 0. The lowest BCUT2D eigenvalue weighted by molar-refractivity contribution is -0.384. The molecule has 2 rings (SSSR count). The van der Waals surface area contributed by atoms with Gasteiger partial charge in [0.2, 0.25) is 11.1 Å². The van der Waals surface area contributed by atoms with Gasteiger partial charge >= 0.3 is 6.18 Å². The third-order valence-electron chi connectivity index (χ3n) is 2.69. The predicted octanol–water partition coefficient (Wildman–Crippen LogP) is 2.30. The van der Waals surface area contributed by atoms with Gasteiger partial charge in [0, 0.05) is 12.1 Å². The molecule has 14 heteroatoms. The fourth-order valence-corrected chi connectivity index (χ4v) is 2.43. The first-order chi connectivity index (χ1) is 11.6. The number of nitrogens with zero attached hydrogens (tertiary/aromatic N) is 4. The summed E-state index contributed by atoms with van der Waals surface area (Å²) in [6.07, 6.45) is -4.78. The number of anilines is 1. The van der Waals surface area contributed by atoms with Gasteiger partial charge in [-0.1, -0.05) is 23.4 Å². The average Bonchev–Trinajstić information content (AvgIpc) is 2.88. The summed E-state index contributed by atoms with van der Waals surface area (Å²) in [7, 11) is 0. The van der Waals surface area contributed by atoms with Gasteiger partial charge in [-0.3, -0.25) is 14.9 Å². The van der Waals surface area contributed by atoms with Crippen LogP contribution in [0.4, 0.5) is 24.5 Å². The van der Waals surface area contributed by atoms with Crippen molar-refractivity contribution in [3.8, 4) is 0 Å². The average molecular weight is 397 g/mol. The number of carbonyl (C=O) groups is 1. The van der Waals surface area contributed by atoms with E-state index in [1.165, 1.54) is 6.07 Å². The minimum Gasteiger partial charge on any atom is -0.335 e. The van der Waals surface area contributed by atoms with E-state index in [0.29, 0.717) is 11.8 Å². The molecule has 1 aromatic carbocycles. The molecule has 0 aliphatic rings. The zero-order valence-electron chi connectivity index (χ0n) is 12.0. The lowest BCUT2D eigenvalue weighted by Gasteiger charge is -2.07. The van der Waals surface area contributed by atoms with Crippen molar-refractivity contribution in [1.29, 1.82) is 0 Å². The number of nitro groups is 1. The van der Waals surface area contributed by atoms with Gasteiger partial charge in [0.1, 0.15) is 0 Å². The van der Waals surface area contributed by atoms with Gasteiger partial charge in [-0.2, -0.15) is 13.2 Å². The summed E-state index contributed by atoms with van der Waals surface area (Å²) >= 11 is 6.43. The van der Waals surface area contributed by atoms with Gasteiger partial charge in [0.05, 0.1) is 21.4 Å². The van der Waals surface area contributed by atoms with Crippen LogP contribution >= 0.6 is 23.4 Å². The summed E-state index contributed by atoms with van der Waals surface area (Å²) in [5, 5.41) is 18.9. The summed E-state index contributed by atoms with van der Waals surface area (Å²) in [4.78, 5) is 21.9. The fraction of sp³-hybridized carbons (Fsp3) is 0.182. The number of rotatable bonds is 5.